The maximum Gasteiger partial charge on any atom is 0.0613 e. The number of rotatable bonds is 5. The minimum Gasteiger partial charge on any atom is -0.394 e. The first-order valence-corrected chi connectivity index (χ1v) is 6.05. The van der Waals surface area contributed by atoms with Gasteiger partial charge in [0.1, 0.15) is 0 Å². The van der Waals surface area contributed by atoms with Gasteiger partial charge in [-0.2, -0.15) is 0 Å². The number of hydrogen-bond donors (Lipinski definition) is 2. The highest BCUT2D eigenvalue weighted by Gasteiger charge is 2.40. The predicted octanol–water partition coefficient (Wildman–Crippen LogP) is 2.25. The van der Waals surface area contributed by atoms with E-state index in [2.05, 4.69) is 43.4 Å². The fourth-order valence-electron chi connectivity index (χ4n) is 2.06. The molecular weight excluding hydrogens is 198 g/mol. The van der Waals surface area contributed by atoms with Crippen molar-refractivity contribution < 1.29 is 5.11 Å². The molecular formula is C14H21NO. The smallest absolute Gasteiger partial charge is 0.0613 e. The number of benzene rings is 1. The van der Waals surface area contributed by atoms with Gasteiger partial charge in [0.25, 0.3) is 0 Å². The second kappa shape index (κ2) is 4.56. The molecule has 2 N–H and O–H groups in total. The quantitative estimate of drug-likeness (QED) is 0.796. The third-order valence-corrected chi connectivity index (χ3v) is 3.62. The molecule has 1 aromatic rings. The van der Waals surface area contributed by atoms with Gasteiger partial charge in [0, 0.05) is 12.1 Å². The molecule has 0 spiro atoms. The number of aryl methyl sites for hydroxylation is 1. The van der Waals surface area contributed by atoms with Crippen LogP contribution in [0.25, 0.3) is 0 Å². The van der Waals surface area contributed by atoms with E-state index in [1.54, 1.807) is 0 Å². The van der Waals surface area contributed by atoms with Gasteiger partial charge in [-0.3, -0.25) is 0 Å². The normalized spacial score (nSPS) is 19.4. The molecule has 1 atom stereocenters. The van der Waals surface area contributed by atoms with E-state index in [-0.39, 0.29) is 12.1 Å². The Morgan fingerprint density at radius 3 is 2.44 bits per heavy atom. The third kappa shape index (κ3) is 2.63. The minimum absolute atomic E-state index is 0.0924. The summed E-state index contributed by atoms with van der Waals surface area (Å²) in [7, 11) is 0. The van der Waals surface area contributed by atoms with Crippen LogP contribution in [-0.4, -0.2) is 17.3 Å². The molecule has 1 unspecified atom stereocenters. The second-order valence-corrected chi connectivity index (χ2v) is 5.19. The van der Waals surface area contributed by atoms with Crippen LogP contribution in [0.3, 0.4) is 0 Å². The third-order valence-electron chi connectivity index (χ3n) is 3.62. The van der Waals surface area contributed by atoms with Crippen LogP contribution in [0.15, 0.2) is 24.3 Å². The van der Waals surface area contributed by atoms with E-state index in [1.165, 1.54) is 24.0 Å². The first-order chi connectivity index (χ1) is 7.64. The highest BCUT2D eigenvalue weighted by molar-refractivity contribution is 5.21. The number of aliphatic hydroxyl groups excluding tert-OH is 1. The number of nitrogens with one attached hydrogen (secondary N) is 1. The fraction of sp³-hybridized carbons (Fsp3) is 0.571. The Bertz CT molecular complexity index is 342. The zero-order chi connectivity index (χ0) is 11.6. The second-order valence-electron chi connectivity index (χ2n) is 5.19. The number of hydrogen-bond acceptors (Lipinski definition) is 2. The van der Waals surface area contributed by atoms with Crippen LogP contribution in [0.2, 0.25) is 0 Å². The summed E-state index contributed by atoms with van der Waals surface area (Å²) in [5, 5.41) is 12.9. The molecule has 0 radical (unpaired) electrons. The lowest BCUT2D eigenvalue weighted by atomic mass is 9.96. The van der Waals surface area contributed by atoms with Crippen LogP contribution in [0.1, 0.15) is 30.9 Å². The van der Waals surface area contributed by atoms with Crippen LogP contribution in [0.4, 0.5) is 0 Å². The highest BCUT2D eigenvalue weighted by atomic mass is 16.3. The standard InChI is InChI=1S/C14H21NO/c1-11-3-5-12(6-4-11)9-15-14(2,10-16)13-7-8-13/h3-6,13,15-16H,7-10H2,1-2H3. The summed E-state index contributed by atoms with van der Waals surface area (Å²) in [6, 6.07) is 8.55. The van der Waals surface area contributed by atoms with Crippen LogP contribution < -0.4 is 5.32 Å². The van der Waals surface area contributed by atoms with Crippen molar-refractivity contribution >= 4 is 0 Å². The molecule has 0 aliphatic heterocycles. The van der Waals surface area contributed by atoms with E-state index in [0.717, 1.165) is 6.54 Å². The Hall–Kier alpha value is -0.860. The Labute approximate surface area is 97.7 Å². The van der Waals surface area contributed by atoms with Gasteiger partial charge >= 0.3 is 0 Å². The molecule has 0 heterocycles. The molecule has 88 valence electrons. The summed E-state index contributed by atoms with van der Waals surface area (Å²) < 4.78 is 0. The monoisotopic (exact) mass is 219 g/mol. The molecule has 2 nitrogen and oxygen atoms in total. The number of aliphatic hydroxyl groups is 1. The van der Waals surface area contributed by atoms with Crippen molar-refractivity contribution in [1.29, 1.82) is 0 Å². The van der Waals surface area contributed by atoms with Gasteiger partial charge in [-0.25, -0.2) is 0 Å². The average molecular weight is 219 g/mol. The van der Waals surface area contributed by atoms with E-state index in [1.807, 2.05) is 0 Å². The summed E-state index contributed by atoms with van der Waals surface area (Å²) in [6.45, 7) is 5.29. The molecule has 0 amide bonds. The highest BCUT2D eigenvalue weighted by Crippen LogP contribution is 2.39. The van der Waals surface area contributed by atoms with E-state index in [0.29, 0.717) is 5.92 Å². The lowest BCUT2D eigenvalue weighted by Crippen LogP contribution is -2.47. The molecule has 1 aliphatic carbocycles. The van der Waals surface area contributed by atoms with Gasteiger partial charge in [-0.15, -0.1) is 0 Å². The van der Waals surface area contributed by atoms with Crippen LogP contribution in [-0.2, 0) is 6.54 Å². The predicted molar refractivity (Wildman–Crippen MR) is 66.2 cm³/mol. The van der Waals surface area contributed by atoms with Crippen molar-refractivity contribution in [3.63, 3.8) is 0 Å². The molecule has 2 heteroatoms. The van der Waals surface area contributed by atoms with Crippen molar-refractivity contribution in [2.75, 3.05) is 6.61 Å². The van der Waals surface area contributed by atoms with E-state index >= 15 is 0 Å². The zero-order valence-corrected chi connectivity index (χ0v) is 10.2. The first kappa shape index (κ1) is 11.6. The molecule has 1 aliphatic rings. The van der Waals surface area contributed by atoms with Gasteiger partial charge in [-0.1, -0.05) is 29.8 Å². The molecule has 1 fully saturated rings. The molecule has 0 bridgehead atoms. The largest absolute Gasteiger partial charge is 0.394 e. The fourth-order valence-corrected chi connectivity index (χ4v) is 2.06. The maximum absolute atomic E-state index is 9.46. The molecule has 1 aromatic carbocycles. The molecule has 0 saturated heterocycles. The summed E-state index contributed by atoms with van der Waals surface area (Å²) in [5.41, 5.74) is 2.48. The summed E-state index contributed by atoms with van der Waals surface area (Å²) in [4.78, 5) is 0. The van der Waals surface area contributed by atoms with Gasteiger partial charge in [0.15, 0.2) is 0 Å². The lowest BCUT2D eigenvalue weighted by molar-refractivity contribution is 0.153. The molecule has 2 rings (SSSR count). The van der Waals surface area contributed by atoms with Gasteiger partial charge < -0.3 is 10.4 Å². The summed E-state index contributed by atoms with van der Waals surface area (Å²) in [5.74, 6) is 0.656. The van der Waals surface area contributed by atoms with E-state index in [4.69, 9.17) is 0 Å². The zero-order valence-electron chi connectivity index (χ0n) is 10.2. The van der Waals surface area contributed by atoms with Crippen molar-refractivity contribution in [1.82, 2.24) is 5.32 Å². The molecule has 16 heavy (non-hydrogen) atoms. The topological polar surface area (TPSA) is 32.3 Å². The lowest BCUT2D eigenvalue weighted by Gasteiger charge is -2.29. The Morgan fingerprint density at radius 1 is 1.31 bits per heavy atom. The van der Waals surface area contributed by atoms with E-state index in [9.17, 15) is 5.11 Å². The Kier molecular flexibility index (Phi) is 3.31. The first-order valence-electron chi connectivity index (χ1n) is 6.05. The maximum atomic E-state index is 9.46. The van der Waals surface area contributed by atoms with E-state index < -0.39 is 0 Å². The van der Waals surface area contributed by atoms with Crippen molar-refractivity contribution in [3.8, 4) is 0 Å². The Balaban J connectivity index is 1.92. The van der Waals surface area contributed by atoms with Crippen molar-refractivity contribution in [2.45, 2.75) is 38.8 Å². The SMILES string of the molecule is Cc1ccc(CNC(C)(CO)C2CC2)cc1. The Morgan fingerprint density at radius 2 is 1.94 bits per heavy atom. The summed E-state index contributed by atoms with van der Waals surface area (Å²) in [6.07, 6.45) is 2.50. The molecule has 0 aromatic heterocycles. The van der Waals surface area contributed by atoms with Crippen LogP contribution >= 0.6 is 0 Å². The van der Waals surface area contributed by atoms with Crippen LogP contribution in [0.5, 0.6) is 0 Å². The van der Waals surface area contributed by atoms with Gasteiger partial charge in [0.2, 0.25) is 0 Å². The van der Waals surface area contributed by atoms with Gasteiger partial charge in [0.05, 0.1) is 6.61 Å². The summed E-state index contributed by atoms with van der Waals surface area (Å²) >= 11 is 0. The molecule has 1 saturated carbocycles. The van der Waals surface area contributed by atoms with Gasteiger partial charge in [-0.05, 0) is 38.2 Å². The average Bonchev–Trinajstić information content (AvgIpc) is 3.12. The van der Waals surface area contributed by atoms with Crippen molar-refractivity contribution in [3.05, 3.63) is 35.4 Å². The minimum atomic E-state index is -0.0924. The van der Waals surface area contributed by atoms with Crippen LogP contribution in [0, 0.1) is 12.8 Å². The van der Waals surface area contributed by atoms with Crippen molar-refractivity contribution in [2.24, 2.45) is 5.92 Å².